The van der Waals surface area contributed by atoms with Crippen molar-refractivity contribution in [3.8, 4) is 0 Å². The molecule has 70 valence electrons. The van der Waals surface area contributed by atoms with Crippen molar-refractivity contribution in [1.82, 2.24) is 0 Å². The van der Waals surface area contributed by atoms with Gasteiger partial charge in [-0.25, -0.2) is 0 Å². The van der Waals surface area contributed by atoms with E-state index in [4.69, 9.17) is 12.2 Å². The Morgan fingerprint density at radius 3 is 2.77 bits per heavy atom. The lowest BCUT2D eigenvalue weighted by Crippen LogP contribution is -1.93. The SMILES string of the molecule is CNc1ccccc1SCC(C)=S. The number of benzene rings is 1. The molecule has 1 aromatic rings. The first-order valence-electron chi connectivity index (χ1n) is 4.13. The molecular weight excluding hydrogens is 198 g/mol. The van der Waals surface area contributed by atoms with Crippen LogP contribution in [0.5, 0.6) is 0 Å². The van der Waals surface area contributed by atoms with Gasteiger partial charge in [0, 0.05) is 28.2 Å². The average molecular weight is 211 g/mol. The highest BCUT2D eigenvalue weighted by molar-refractivity contribution is 8.01. The van der Waals surface area contributed by atoms with Crippen LogP contribution >= 0.6 is 24.0 Å². The molecule has 0 radical (unpaired) electrons. The number of nitrogens with one attached hydrogen (secondary N) is 1. The van der Waals surface area contributed by atoms with E-state index in [9.17, 15) is 0 Å². The molecule has 0 heterocycles. The third-order valence-corrected chi connectivity index (χ3v) is 3.16. The summed E-state index contributed by atoms with van der Waals surface area (Å²) in [4.78, 5) is 2.30. The zero-order valence-electron chi connectivity index (χ0n) is 7.83. The number of anilines is 1. The number of thioether (sulfide) groups is 1. The van der Waals surface area contributed by atoms with Crippen molar-refractivity contribution in [2.24, 2.45) is 0 Å². The van der Waals surface area contributed by atoms with Gasteiger partial charge in [-0.1, -0.05) is 24.4 Å². The summed E-state index contributed by atoms with van der Waals surface area (Å²) in [6, 6.07) is 8.25. The maximum Gasteiger partial charge on any atom is 0.0475 e. The smallest absolute Gasteiger partial charge is 0.0475 e. The molecule has 0 aromatic heterocycles. The molecule has 1 nitrogen and oxygen atoms in total. The number of thiocarbonyl (C=S) groups is 1. The van der Waals surface area contributed by atoms with E-state index in [2.05, 4.69) is 17.4 Å². The summed E-state index contributed by atoms with van der Waals surface area (Å²) < 4.78 is 0. The molecule has 0 saturated carbocycles. The summed E-state index contributed by atoms with van der Waals surface area (Å²) in [5, 5.41) is 3.16. The van der Waals surface area contributed by atoms with Gasteiger partial charge in [0.05, 0.1) is 0 Å². The van der Waals surface area contributed by atoms with Crippen molar-refractivity contribution in [1.29, 1.82) is 0 Å². The van der Waals surface area contributed by atoms with Crippen LogP contribution in [0.2, 0.25) is 0 Å². The molecule has 0 aliphatic heterocycles. The van der Waals surface area contributed by atoms with E-state index in [0.717, 1.165) is 10.6 Å². The Balaban J connectivity index is 2.69. The van der Waals surface area contributed by atoms with Gasteiger partial charge in [0.2, 0.25) is 0 Å². The summed E-state index contributed by atoms with van der Waals surface area (Å²) in [6.45, 7) is 1.98. The Morgan fingerprint density at radius 1 is 1.46 bits per heavy atom. The van der Waals surface area contributed by atoms with E-state index in [0.29, 0.717) is 0 Å². The molecule has 0 fully saturated rings. The fourth-order valence-electron chi connectivity index (χ4n) is 0.978. The lowest BCUT2D eigenvalue weighted by atomic mass is 10.3. The number of hydrogen-bond acceptors (Lipinski definition) is 3. The van der Waals surface area contributed by atoms with E-state index >= 15 is 0 Å². The molecule has 0 saturated heterocycles. The van der Waals surface area contributed by atoms with Gasteiger partial charge in [-0.2, -0.15) is 0 Å². The Kier molecular flexibility index (Phi) is 4.25. The fourth-order valence-corrected chi connectivity index (χ4v) is 2.01. The van der Waals surface area contributed by atoms with Crippen molar-refractivity contribution >= 4 is 34.5 Å². The Labute approximate surface area is 88.9 Å². The van der Waals surface area contributed by atoms with Crippen LogP contribution < -0.4 is 5.32 Å². The predicted octanol–water partition coefficient (Wildman–Crippen LogP) is 3.21. The highest BCUT2D eigenvalue weighted by Crippen LogP contribution is 2.26. The van der Waals surface area contributed by atoms with E-state index < -0.39 is 0 Å². The van der Waals surface area contributed by atoms with Crippen LogP contribution in [-0.2, 0) is 0 Å². The number of para-hydroxylation sites is 1. The second kappa shape index (κ2) is 5.25. The molecule has 1 N–H and O–H groups in total. The van der Waals surface area contributed by atoms with Gasteiger partial charge in [0.15, 0.2) is 0 Å². The van der Waals surface area contributed by atoms with Gasteiger partial charge in [-0.15, -0.1) is 11.8 Å². The van der Waals surface area contributed by atoms with Crippen LogP contribution in [0, 0.1) is 0 Å². The molecule has 3 heteroatoms. The molecule has 0 aliphatic rings. The minimum atomic E-state index is 0.911. The largest absolute Gasteiger partial charge is 0.387 e. The zero-order chi connectivity index (χ0) is 9.68. The average Bonchev–Trinajstić information content (AvgIpc) is 2.15. The maximum absolute atomic E-state index is 5.03. The lowest BCUT2D eigenvalue weighted by Gasteiger charge is -2.07. The molecule has 1 rings (SSSR count). The van der Waals surface area contributed by atoms with E-state index in [1.165, 1.54) is 10.6 Å². The van der Waals surface area contributed by atoms with Crippen LogP contribution in [0.25, 0.3) is 0 Å². The molecule has 0 bridgehead atoms. The highest BCUT2D eigenvalue weighted by atomic mass is 32.2. The maximum atomic E-state index is 5.03. The Morgan fingerprint density at radius 2 is 2.15 bits per heavy atom. The normalized spacial score (nSPS) is 9.69. The topological polar surface area (TPSA) is 12.0 Å². The van der Waals surface area contributed by atoms with Crippen molar-refractivity contribution in [2.75, 3.05) is 18.1 Å². The lowest BCUT2D eigenvalue weighted by molar-refractivity contribution is 1.38. The second-order valence-corrected chi connectivity index (χ2v) is 4.45. The summed E-state index contributed by atoms with van der Waals surface area (Å²) >= 11 is 6.81. The van der Waals surface area contributed by atoms with Crippen LogP contribution in [-0.4, -0.2) is 17.7 Å². The van der Waals surface area contributed by atoms with Crippen molar-refractivity contribution in [3.05, 3.63) is 24.3 Å². The first-order valence-corrected chi connectivity index (χ1v) is 5.52. The van der Waals surface area contributed by atoms with Crippen molar-refractivity contribution in [3.63, 3.8) is 0 Å². The predicted molar refractivity (Wildman–Crippen MR) is 65.0 cm³/mol. The van der Waals surface area contributed by atoms with Crippen LogP contribution in [0.4, 0.5) is 5.69 Å². The summed E-state index contributed by atoms with van der Waals surface area (Å²) in [5.74, 6) is 0.911. The minimum Gasteiger partial charge on any atom is -0.387 e. The van der Waals surface area contributed by atoms with Crippen molar-refractivity contribution < 1.29 is 0 Å². The van der Waals surface area contributed by atoms with E-state index in [1.807, 2.05) is 26.1 Å². The standard InChI is InChI=1S/C10H13NS2/c1-8(12)7-13-10-6-4-3-5-9(10)11-2/h3-6,11H,7H2,1-2H3. The van der Waals surface area contributed by atoms with Crippen LogP contribution in [0.1, 0.15) is 6.92 Å². The zero-order valence-corrected chi connectivity index (χ0v) is 9.47. The minimum absolute atomic E-state index is 0.911. The molecule has 0 spiro atoms. The van der Waals surface area contributed by atoms with E-state index in [-0.39, 0.29) is 0 Å². The molecule has 0 aliphatic carbocycles. The van der Waals surface area contributed by atoms with Gasteiger partial charge in [0.25, 0.3) is 0 Å². The molecule has 0 unspecified atom stereocenters. The van der Waals surface area contributed by atoms with Gasteiger partial charge in [-0.3, -0.25) is 0 Å². The molecule has 13 heavy (non-hydrogen) atoms. The fraction of sp³-hybridized carbons (Fsp3) is 0.300. The third-order valence-electron chi connectivity index (χ3n) is 1.59. The van der Waals surface area contributed by atoms with Gasteiger partial charge >= 0.3 is 0 Å². The van der Waals surface area contributed by atoms with Gasteiger partial charge in [-0.05, 0) is 19.1 Å². The summed E-state index contributed by atoms with van der Waals surface area (Å²) in [6.07, 6.45) is 0. The Hall–Kier alpha value is -0.540. The van der Waals surface area contributed by atoms with Crippen molar-refractivity contribution in [2.45, 2.75) is 11.8 Å². The van der Waals surface area contributed by atoms with Gasteiger partial charge in [0.1, 0.15) is 0 Å². The number of rotatable bonds is 4. The molecular formula is C10H13NS2. The highest BCUT2D eigenvalue weighted by Gasteiger charge is 1.99. The summed E-state index contributed by atoms with van der Waals surface area (Å²) in [5.41, 5.74) is 1.17. The quantitative estimate of drug-likeness (QED) is 0.606. The Bertz CT molecular complexity index is 297. The molecule has 0 atom stereocenters. The summed E-state index contributed by atoms with van der Waals surface area (Å²) in [7, 11) is 1.93. The van der Waals surface area contributed by atoms with Crippen LogP contribution in [0.15, 0.2) is 29.2 Å². The molecule has 1 aromatic carbocycles. The van der Waals surface area contributed by atoms with Crippen LogP contribution in [0.3, 0.4) is 0 Å². The first kappa shape index (κ1) is 10.5. The monoisotopic (exact) mass is 211 g/mol. The second-order valence-electron chi connectivity index (χ2n) is 2.74. The third kappa shape index (κ3) is 3.36. The molecule has 0 amide bonds. The number of hydrogen-bond donors (Lipinski definition) is 1. The van der Waals surface area contributed by atoms with Gasteiger partial charge < -0.3 is 5.32 Å². The first-order chi connectivity index (χ1) is 6.24. The van der Waals surface area contributed by atoms with E-state index in [1.54, 1.807) is 11.8 Å².